The Labute approximate surface area is 128 Å². The number of alkyl halides is 3. The summed E-state index contributed by atoms with van der Waals surface area (Å²) in [5.74, 6) is -1.42. The predicted molar refractivity (Wildman–Crippen MR) is 81.6 cm³/mol. The van der Waals surface area contributed by atoms with E-state index in [2.05, 4.69) is 12.2 Å². The van der Waals surface area contributed by atoms with Crippen LogP contribution in [-0.4, -0.2) is 18.8 Å². The third kappa shape index (κ3) is 4.71. The van der Waals surface area contributed by atoms with Crippen LogP contribution in [0.25, 0.3) is 0 Å². The van der Waals surface area contributed by atoms with E-state index >= 15 is 0 Å². The molecule has 1 heterocycles. The van der Waals surface area contributed by atoms with Gasteiger partial charge in [-0.05, 0) is 49.6 Å². The summed E-state index contributed by atoms with van der Waals surface area (Å²) in [6, 6.07) is 3.94. The van der Waals surface area contributed by atoms with Crippen molar-refractivity contribution in [3.05, 3.63) is 22.4 Å². The lowest BCUT2D eigenvalue weighted by Gasteiger charge is -2.38. The van der Waals surface area contributed by atoms with E-state index in [9.17, 15) is 13.2 Å². The van der Waals surface area contributed by atoms with Gasteiger partial charge >= 0.3 is 6.18 Å². The number of halogens is 3. The Morgan fingerprint density at radius 2 is 2.10 bits per heavy atom. The van der Waals surface area contributed by atoms with Gasteiger partial charge in [0.15, 0.2) is 0 Å². The Hall–Kier alpha value is -0.550. The second kappa shape index (κ2) is 7.63. The molecule has 0 amide bonds. The normalized spacial score (nSPS) is 25.0. The number of hydrogen-bond acceptors (Lipinski definition) is 2. The van der Waals surface area contributed by atoms with E-state index in [1.165, 1.54) is 4.88 Å². The number of thiophene rings is 1. The Bertz CT molecular complexity index is 402. The van der Waals surface area contributed by atoms with Crippen molar-refractivity contribution >= 4 is 11.3 Å². The van der Waals surface area contributed by atoms with Gasteiger partial charge in [0, 0.05) is 10.9 Å². The van der Waals surface area contributed by atoms with Crippen LogP contribution < -0.4 is 5.32 Å². The summed E-state index contributed by atoms with van der Waals surface area (Å²) in [7, 11) is 0. The van der Waals surface area contributed by atoms with Crippen molar-refractivity contribution < 1.29 is 13.2 Å². The number of hydrogen-bond donors (Lipinski definition) is 1. The minimum absolute atomic E-state index is 0.0597. The molecule has 0 aromatic carbocycles. The van der Waals surface area contributed by atoms with Crippen LogP contribution in [0.3, 0.4) is 0 Å². The smallest absolute Gasteiger partial charge is 0.313 e. The predicted octanol–water partition coefficient (Wildman–Crippen LogP) is 5.03. The number of nitrogens with one attached hydrogen (secondary N) is 1. The maximum atomic E-state index is 13.3. The van der Waals surface area contributed by atoms with Gasteiger partial charge in [0.05, 0.1) is 5.92 Å². The largest absolute Gasteiger partial charge is 0.392 e. The fourth-order valence-electron chi connectivity index (χ4n) is 3.40. The van der Waals surface area contributed by atoms with Crippen LogP contribution in [-0.2, 0) is 6.42 Å². The molecule has 0 saturated heterocycles. The molecular formula is C16H24F3NS. The molecule has 1 nitrogen and oxygen atoms in total. The van der Waals surface area contributed by atoms with Gasteiger partial charge in [-0.3, -0.25) is 0 Å². The fraction of sp³-hybridized carbons (Fsp3) is 0.750. The topological polar surface area (TPSA) is 12.0 Å². The van der Waals surface area contributed by atoms with Crippen LogP contribution in [0.4, 0.5) is 13.2 Å². The second-order valence-corrected chi connectivity index (χ2v) is 6.97. The third-order valence-corrected chi connectivity index (χ3v) is 5.31. The Balaban J connectivity index is 2.12. The summed E-state index contributed by atoms with van der Waals surface area (Å²) in [6.07, 6.45) is 0.220. The van der Waals surface area contributed by atoms with Crippen molar-refractivity contribution in [3.8, 4) is 0 Å². The van der Waals surface area contributed by atoms with Crippen molar-refractivity contribution in [2.24, 2.45) is 11.8 Å². The van der Waals surface area contributed by atoms with Crippen LogP contribution in [0.2, 0.25) is 0 Å². The zero-order valence-corrected chi connectivity index (χ0v) is 13.3. The first-order valence-corrected chi connectivity index (χ1v) is 8.72. The Kier molecular flexibility index (Phi) is 6.11. The quantitative estimate of drug-likeness (QED) is 0.775. The van der Waals surface area contributed by atoms with E-state index in [1.807, 2.05) is 17.5 Å². The molecule has 0 spiro atoms. The van der Waals surface area contributed by atoms with Crippen molar-refractivity contribution in [1.82, 2.24) is 5.32 Å². The van der Waals surface area contributed by atoms with Gasteiger partial charge in [0.1, 0.15) is 0 Å². The van der Waals surface area contributed by atoms with Gasteiger partial charge in [0.2, 0.25) is 0 Å². The molecule has 1 aromatic heterocycles. The van der Waals surface area contributed by atoms with Crippen molar-refractivity contribution in [3.63, 3.8) is 0 Å². The van der Waals surface area contributed by atoms with Crippen LogP contribution >= 0.6 is 11.3 Å². The first-order valence-electron chi connectivity index (χ1n) is 7.85. The lowest BCUT2D eigenvalue weighted by Crippen LogP contribution is -2.47. The molecule has 0 aliphatic heterocycles. The number of rotatable bonds is 6. The summed E-state index contributed by atoms with van der Waals surface area (Å²) < 4.78 is 40.0. The minimum Gasteiger partial charge on any atom is -0.313 e. The molecule has 1 aliphatic carbocycles. The molecule has 1 fully saturated rings. The molecule has 21 heavy (non-hydrogen) atoms. The minimum atomic E-state index is -4.06. The fourth-order valence-corrected chi connectivity index (χ4v) is 4.16. The van der Waals surface area contributed by atoms with Crippen molar-refractivity contribution in [1.29, 1.82) is 0 Å². The lowest BCUT2D eigenvalue weighted by atomic mass is 9.74. The van der Waals surface area contributed by atoms with E-state index in [0.717, 1.165) is 25.8 Å². The van der Waals surface area contributed by atoms with E-state index in [4.69, 9.17) is 0 Å². The molecule has 1 N–H and O–H groups in total. The van der Waals surface area contributed by atoms with Gasteiger partial charge in [0.25, 0.3) is 0 Å². The monoisotopic (exact) mass is 319 g/mol. The van der Waals surface area contributed by atoms with Crippen molar-refractivity contribution in [2.45, 2.75) is 57.7 Å². The molecule has 3 atom stereocenters. The average molecular weight is 319 g/mol. The van der Waals surface area contributed by atoms with Crippen molar-refractivity contribution in [2.75, 3.05) is 6.54 Å². The Morgan fingerprint density at radius 1 is 1.33 bits per heavy atom. The second-order valence-electron chi connectivity index (χ2n) is 5.94. The first kappa shape index (κ1) is 16.8. The van der Waals surface area contributed by atoms with Gasteiger partial charge in [-0.2, -0.15) is 13.2 Å². The zero-order valence-electron chi connectivity index (χ0n) is 12.5. The first-order chi connectivity index (χ1) is 10.0. The summed E-state index contributed by atoms with van der Waals surface area (Å²) in [5, 5.41) is 5.38. The molecule has 1 saturated carbocycles. The molecule has 2 rings (SSSR count). The highest BCUT2D eigenvalue weighted by molar-refractivity contribution is 7.09. The highest BCUT2D eigenvalue weighted by atomic mass is 32.1. The lowest BCUT2D eigenvalue weighted by molar-refractivity contribution is -0.199. The van der Waals surface area contributed by atoms with E-state index in [1.54, 1.807) is 11.3 Å². The molecule has 120 valence electrons. The summed E-state index contributed by atoms with van der Waals surface area (Å²) in [4.78, 5) is 1.18. The molecule has 1 aliphatic rings. The van der Waals surface area contributed by atoms with E-state index in [-0.39, 0.29) is 12.0 Å². The van der Waals surface area contributed by atoms with E-state index < -0.39 is 12.1 Å². The molecule has 5 heteroatoms. The van der Waals surface area contributed by atoms with Crippen LogP contribution in [0, 0.1) is 11.8 Å². The summed E-state index contributed by atoms with van der Waals surface area (Å²) >= 11 is 1.64. The zero-order chi connectivity index (χ0) is 15.3. The highest BCUT2D eigenvalue weighted by Crippen LogP contribution is 2.43. The van der Waals surface area contributed by atoms with Gasteiger partial charge < -0.3 is 5.32 Å². The molecule has 0 bridgehead atoms. The SMILES string of the molecule is CCCNC(Cc1cccs1)C1CCCCC1C(F)(F)F. The van der Waals surface area contributed by atoms with Crippen LogP contribution in [0.5, 0.6) is 0 Å². The molecular weight excluding hydrogens is 295 g/mol. The van der Waals surface area contributed by atoms with Crippen LogP contribution in [0.1, 0.15) is 43.9 Å². The molecule has 3 unspecified atom stereocenters. The van der Waals surface area contributed by atoms with Gasteiger partial charge in [-0.15, -0.1) is 11.3 Å². The van der Waals surface area contributed by atoms with Crippen LogP contribution in [0.15, 0.2) is 17.5 Å². The van der Waals surface area contributed by atoms with Gasteiger partial charge in [-0.25, -0.2) is 0 Å². The van der Waals surface area contributed by atoms with Gasteiger partial charge in [-0.1, -0.05) is 25.8 Å². The Morgan fingerprint density at radius 3 is 2.71 bits per heavy atom. The maximum Gasteiger partial charge on any atom is 0.392 e. The average Bonchev–Trinajstić information content (AvgIpc) is 2.95. The maximum absolute atomic E-state index is 13.3. The van der Waals surface area contributed by atoms with E-state index in [0.29, 0.717) is 19.3 Å². The third-order valence-electron chi connectivity index (χ3n) is 4.41. The summed E-state index contributed by atoms with van der Waals surface area (Å²) in [6.45, 7) is 2.84. The standard InChI is InChI=1S/C16H24F3NS/c1-2-9-20-15(11-12-6-5-10-21-12)13-7-3-4-8-14(13)16(17,18)19/h5-6,10,13-15,20H,2-4,7-9,11H2,1H3. The molecule has 0 radical (unpaired) electrons. The summed E-state index contributed by atoms with van der Waals surface area (Å²) in [5.41, 5.74) is 0. The highest BCUT2D eigenvalue weighted by Gasteiger charge is 2.47. The molecule has 1 aromatic rings.